The van der Waals surface area contributed by atoms with Gasteiger partial charge < -0.3 is 10.6 Å². The second-order valence-electron chi connectivity index (χ2n) is 4.99. The zero-order valence-electron chi connectivity index (χ0n) is 10.8. The van der Waals surface area contributed by atoms with E-state index in [0.717, 1.165) is 19.5 Å². The molecule has 0 aliphatic carbocycles. The summed E-state index contributed by atoms with van der Waals surface area (Å²) in [4.78, 5) is 18.1. The highest BCUT2D eigenvalue weighted by Crippen LogP contribution is 2.24. The van der Waals surface area contributed by atoms with Crippen molar-refractivity contribution in [1.82, 2.24) is 9.88 Å². The van der Waals surface area contributed by atoms with Crippen molar-refractivity contribution in [2.75, 3.05) is 18.8 Å². The van der Waals surface area contributed by atoms with Gasteiger partial charge in [-0.2, -0.15) is 0 Å². The van der Waals surface area contributed by atoms with Crippen molar-refractivity contribution < 1.29 is 4.79 Å². The van der Waals surface area contributed by atoms with Gasteiger partial charge in [-0.05, 0) is 30.4 Å². The average molecular weight is 270 g/mol. The molecule has 0 bridgehead atoms. The predicted molar refractivity (Wildman–Crippen MR) is 74.7 cm³/mol. The molecule has 1 atom stereocenters. The van der Waals surface area contributed by atoms with E-state index < -0.39 is 0 Å². The normalized spacial score (nSPS) is 18.8. The third-order valence-corrected chi connectivity index (χ3v) is 3.44. The summed E-state index contributed by atoms with van der Waals surface area (Å²) in [5.41, 5.74) is 6.04. The van der Waals surface area contributed by atoms with Crippen molar-refractivity contribution in [3.05, 3.63) is 23.9 Å². The summed E-state index contributed by atoms with van der Waals surface area (Å²) in [6.45, 7) is 6.08. The number of pyridine rings is 1. The first-order valence-electron chi connectivity index (χ1n) is 6.09. The third-order valence-electron chi connectivity index (χ3n) is 3.44. The summed E-state index contributed by atoms with van der Waals surface area (Å²) in [7, 11) is 0. The van der Waals surface area contributed by atoms with Gasteiger partial charge in [0.1, 0.15) is 11.5 Å². The number of rotatable bonds is 2. The van der Waals surface area contributed by atoms with Gasteiger partial charge in [0.2, 0.25) is 0 Å². The minimum atomic E-state index is 0. The molecule has 1 aliphatic rings. The van der Waals surface area contributed by atoms with Crippen LogP contribution in [0.4, 0.5) is 5.82 Å². The maximum Gasteiger partial charge on any atom is 0.272 e. The second-order valence-corrected chi connectivity index (χ2v) is 4.99. The molecule has 1 aromatic rings. The van der Waals surface area contributed by atoms with Crippen LogP contribution in [0.15, 0.2) is 18.2 Å². The molecule has 0 saturated carbocycles. The Labute approximate surface area is 114 Å². The standard InChI is InChI=1S/C13H19N3O.ClH/c1-9(2)10-6-7-16(8-10)13(17)11-4-3-5-12(14)15-11;/h3-5,9-10H,6-8H2,1-2H3,(H2,14,15);1H. The van der Waals surface area contributed by atoms with Gasteiger partial charge in [0.05, 0.1) is 0 Å². The minimum absolute atomic E-state index is 0. The Morgan fingerprint density at radius 2 is 2.22 bits per heavy atom. The smallest absolute Gasteiger partial charge is 0.272 e. The predicted octanol–water partition coefficient (Wildman–Crippen LogP) is 2.20. The lowest BCUT2D eigenvalue weighted by Crippen LogP contribution is -2.30. The Hall–Kier alpha value is -1.29. The maximum absolute atomic E-state index is 12.2. The molecule has 2 rings (SSSR count). The Morgan fingerprint density at radius 1 is 1.50 bits per heavy atom. The lowest BCUT2D eigenvalue weighted by Gasteiger charge is -2.17. The maximum atomic E-state index is 12.2. The van der Waals surface area contributed by atoms with E-state index in [2.05, 4.69) is 18.8 Å². The van der Waals surface area contributed by atoms with E-state index in [1.807, 2.05) is 4.90 Å². The number of nitrogens with zero attached hydrogens (tertiary/aromatic N) is 2. The summed E-state index contributed by atoms with van der Waals surface area (Å²) in [5.74, 6) is 1.64. The topological polar surface area (TPSA) is 59.2 Å². The van der Waals surface area contributed by atoms with E-state index in [9.17, 15) is 4.79 Å². The first-order chi connectivity index (χ1) is 8.08. The lowest BCUT2D eigenvalue weighted by molar-refractivity contribution is 0.0778. The summed E-state index contributed by atoms with van der Waals surface area (Å²) in [5, 5.41) is 0. The highest BCUT2D eigenvalue weighted by atomic mass is 35.5. The van der Waals surface area contributed by atoms with Gasteiger partial charge in [0.15, 0.2) is 0 Å². The van der Waals surface area contributed by atoms with Gasteiger partial charge in [-0.1, -0.05) is 19.9 Å². The number of amides is 1. The Kier molecular flexibility index (Phi) is 4.96. The largest absolute Gasteiger partial charge is 0.384 e. The number of halogens is 1. The van der Waals surface area contributed by atoms with Gasteiger partial charge in [0.25, 0.3) is 5.91 Å². The Morgan fingerprint density at radius 3 is 2.78 bits per heavy atom. The summed E-state index contributed by atoms with van der Waals surface area (Å²) in [6, 6.07) is 5.19. The van der Waals surface area contributed by atoms with E-state index in [1.165, 1.54) is 0 Å². The fourth-order valence-corrected chi connectivity index (χ4v) is 2.25. The molecule has 1 fully saturated rings. The highest BCUT2D eigenvalue weighted by molar-refractivity contribution is 5.92. The quantitative estimate of drug-likeness (QED) is 0.895. The number of nitrogens with two attached hydrogens (primary N) is 1. The van der Waals surface area contributed by atoms with Crippen molar-refractivity contribution in [1.29, 1.82) is 0 Å². The molecule has 1 amide bonds. The van der Waals surface area contributed by atoms with Crippen LogP contribution in [0.25, 0.3) is 0 Å². The van der Waals surface area contributed by atoms with Crippen LogP contribution in [0.5, 0.6) is 0 Å². The van der Waals surface area contributed by atoms with Crippen LogP contribution in [0.1, 0.15) is 30.8 Å². The minimum Gasteiger partial charge on any atom is -0.384 e. The first-order valence-corrected chi connectivity index (χ1v) is 6.09. The molecule has 1 aliphatic heterocycles. The molecule has 100 valence electrons. The van der Waals surface area contributed by atoms with E-state index in [0.29, 0.717) is 23.3 Å². The second kappa shape index (κ2) is 6.05. The summed E-state index contributed by atoms with van der Waals surface area (Å²) >= 11 is 0. The van der Waals surface area contributed by atoms with E-state index in [4.69, 9.17) is 5.73 Å². The fourth-order valence-electron chi connectivity index (χ4n) is 2.25. The van der Waals surface area contributed by atoms with Gasteiger partial charge >= 0.3 is 0 Å². The molecule has 0 spiro atoms. The van der Waals surface area contributed by atoms with Gasteiger partial charge in [-0.25, -0.2) is 4.98 Å². The number of nitrogen functional groups attached to an aromatic ring is 1. The Balaban J connectivity index is 0.00000162. The van der Waals surface area contributed by atoms with Crippen LogP contribution in [0.3, 0.4) is 0 Å². The number of carbonyl (C=O) groups is 1. The molecule has 1 saturated heterocycles. The van der Waals surface area contributed by atoms with Crippen LogP contribution in [0.2, 0.25) is 0 Å². The van der Waals surface area contributed by atoms with Crippen molar-refractivity contribution in [3.8, 4) is 0 Å². The zero-order valence-corrected chi connectivity index (χ0v) is 11.6. The van der Waals surface area contributed by atoms with E-state index in [1.54, 1.807) is 18.2 Å². The van der Waals surface area contributed by atoms with Crippen molar-refractivity contribution in [2.24, 2.45) is 11.8 Å². The molecule has 5 heteroatoms. The molecule has 1 unspecified atom stereocenters. The number of likely N-dealkylation sites (tertiary alicyclic amines) is 1. The van der Waals surface area contributed by atoms with Gasteiger partial charge in [-0.15, -0.1) is 12.4 Å². The van der Waals surface area contributed by atoms with Gasteiger partial charge in [0, 0.05) is 13.1 Å². The molecule has 2 N–H and O–H groups in total. The van der Waals surface area contributed by atoms with Crippen molar-refractivity contribution >= 4 is 24.1 Å². The van der Waals surface area contributed by atoms with Crippen molar-refractivity contribution in [2.45, 2.75) is 20.3 Å². The van der Waals surface area contributed by atoms with Gasteiger partial charge in [-0.3, -0.25) is 4.79 Å². The number of anilines is 1. The summed E-state index contributed by atoms with van der Waals surface area (Å²) < 4.78 is 0. The molecule has 1 aromatic heterocycles. The molecule has 18 heavy (non-hydrogen) atoms. The molecule has 4 nitrogen and oxygen atoms in total. The fraction of sp³-hybridized carbons (Fsp3) is 0.538. The number of hydrogen-bond donors (Lipinski definition) is 1. The number of carbonyl (C=O) groups excluding carboxylic acids is 1. The van der Waals surface area contributed by atoms with Crippen LogP contribution in [-0.2, 0) is 0 Å². The first kappa shape index (κ1) is 14.8. The van der Waals surface area contributed by atoms with Crippen LogP contribution >= 0.6 is 12.4 Å². The Bertz CT molecular complexity index is 422. The zero-order chi connectivity index (χ0) is 12.4. The van der Waals surface area contributed by atoms with E-state index in [-0.39, 0.29) is 18.3 Å². The third kappa shape index (κ3) is 3.13. The molecular formula is C13H20ClN3O. The molecule has 0 radical (unpaired) electrons. The number of hydrogen-bond acceptors (Lipinski definition) is 3. The van der Waals surface area contributed by atoms with Crippen molar-refractivity contribution in [3.63, 3.8) is 0 Å². The number of aromatic nitrogens is 1. The molecule has 0 aromatic carbocycles. The van der Waals surface area contributed by atoms with Crippen LogP contribution < -0.4 is 5.73 Å². The van der Waals surface area contributed by atoms with Crippen LogP contribution in [0, 0.1) is 11.8 Å². The monoisotopic (exact) mass is 269 g/mol. The highest BCUT2D eigenvalue weighted by Gasteiger charge is 2.29. The SMILES string of the molecule is CC(C)C1CCN(C(=O)c2cccc(N)n2)C1.Cl. The lowest BCUT2D eigenvalue weighted by atomic mass is 9.95. The van der Waals surface area contributed by atoms with E-state index >= 15 is 0 Å². The molecule has 2 heterocycles. The molecular weight excluding hydrogens is 250 g/mol. The van der Waals surface area contributed by atoms with Crippen LogP contribution in [-0.4, -0.2) is 28.9 Å². The summed E-state index contributed by atoms with van der Waals surface area (Å²) in [6.07, 6.45) is 1.09. The average Bonchev–Trinajstić information content (AvgIpc) is 2.77.